The van der Waals surface area contributed by atoms with Crippen LogP contribution in [0.3, 0.4) is 0 Å². The maximum atomic E-state index is 9.49. The molecule has 5 nitrogen and oxygen atoms in total. The van der Waals surface area contributed by atoms with E-state index in [4.69, 9.17) is 11.5 Å². The zero-order valence-electron chi connectivity index (χ0n) is 12.7. The lowest BCUT2D eigenvalue weighted by Gasteiger charge is -2.12. The molecule has 4 rings (SSSR count). The van der Waals surface area contributed by atoms with Crippen LogP contribution in [0.2, 0.25) is 0 Å². The first-order valence-corrected chi connectivity index (χ1v) is 7.43. The van der Waals surface area contributed by atoms with Crippen molar-refractivity contribution < 1.29 is 0 Å². The molecule has 0 spiro atoms. The van der Waals surface area contributed by atoms with Crippen LogP contribution in [0.5, 0.6) is 0 Å². The first-order valence-electron chi connectivity index (χ1n) is 7.43. The number of rotatable bonds is 1. The lowest BCUT2D eigenvalue weighted by Crippen LogP contribution is -2.05. The van der Waals surface area contributed by atoms with Gasteiger partial charge >= 0.3 is 0 Å². The summed E-state index contributed by atoms with van der Waals surface area (Å²) in [5.74, 6) is 0.149. The minimum absolute atomic E-state index is 0.0544. The summed E-state index contributed by atoms with van der Waals surface area (Å²) in [4.78, 5) is 8.19. The molecule has 0 unspecified atom stereocenters. The van der Waals surface area contributed by atoms with Crippen LogP contribution < -0.4 is 11.5 Å². The zero-order chi connectivity index (χ0) is 16.7. The average molecular weight is 311 g/mol. The fourth-order valence-corrected chi connectivity index (χ4v) is 3.06. The van der Waals surface area contributed by atoms with Gasteiger partial charge in [0.15, 0.2) is 0 Å². The normalized spacial score (nSPS) is 10.8. The summed E-state index contributed by atoms with van der Waals surface area (Å²) in [6.45, 7) is 0. The van der Waals surface area contributed by atoms with E-state index in [0.717, 1.165) is 27.1 Å². The molecule has 4 aromatic rings. The van der Waals surface area contributed by atoms with E-state index < -0.39 is 0 Å². The van der Waals surface area contributed by atoms with Crippen molar-refractivity contribution in [2.75, 3.05) is 11.5 Å². The molecule has 5 heteroatoms. The standard InChI is InChI=1S/C19H13N5/c20-10-15-17(23-19(22)24-18(15)21)14-7-3-5-12-9-8-11-4-1-2-6-13(11)16(12)14/h1-9H,(H4,21,22,23,24). The van der Waals surface area contributed by atoms with Gasteiger partial charge in [-0.1, -0.05) is 54.6 Å². The highest BCUT2D eigenvalue weighted by Gasteiger charge is 2.16. The van der Waals surface area contributed by atoms with E-state index >= 15 is 0 Å². The molecule has 0 saturated carbocycles. The number of hydrogen-bond donors (Lipinski definition) is 2. The largest absolute Gasteiger partial charge is 0.382 e. The Balaban J connectivity index is 2.20. The van der Waals surface area contributed by atoms with Crippen LogP contribution in [0.15, 0.2) is 54.6 Å². The van der Waals surface area contributed by atoms with Crippen molar-refractivity contribution in [1.29, 1.82) is 5.26 Å². The van der Waals surface area contributed by atoms with Crippen molar-refractivity contribution in [3.05, 3.63) is 60.2 Å². The molecule has 0 aliphatic carbocycles. The summed E-state index contributed by atoms with van der Waals surface area (Å²) in [6.07, 6.45) is 0. The monoisotopic (exact) mass is 311 g/mol. The van der Waals surface area contributed by atoms with Gasteiger partial charge in [0.2, 0.25) is 5.95 Å². The van der Waals surface area contributed by atoms with Gasteiger partial charge in [-0.25, -0.2) is 4.98 Å². The van der Waals surface area contributed by atoms with Gasteiger partial charge in [0.05, 0.1) is 5.69 Å². The molecule has 1 aromatic heterocycles. The number of nitrogens with zero attached hydrogens (tertiary/aromatic N) is 3. The van der Waals surface area contributed by atoms with Crippen molar-refractivity contribution in [2.24, 2.45) is 0 Å². The molecule has 4 N–H and O–H groups in total. The van der Waals surface area contributed by atoms with Gasteiger partial charge in [-0.3, -0.25) is 0 Å². The SMILES string of the molecule is N#Cc1c(N)nc(N)nc1-c1cccc2ccc3ccccc3c12. The molecule has 0 saturated heterocycles. The number of nitrogens with two attached hydrogens (primary N) is 2. The van der Waals surface area contributed by atoms with Gasteiger partial charge in [0.25, 0.3) is 0 Å². The molecule has 0 radical (unpaired) electrons. The molecular formula is C19H13N5. The van der Waals surface area contributed by atoms with Gasteiger partial charge in [-0.15, -0.1) is 0 Å². The van der Waals surface area contributed by atoms with Crippen molar-refractivity contribution in [3.63, 3.8) is 0 Å². The Kier molecular flexibility index (Phi) is 3.04. The summed E-state index contributed by atoms with van der Waals surface area (Å²) in [5.41, 5.74) is 13.2. The molecule has 114 valence electrons. The number of hydrogen-bond acceptors (Lipinski definition) is 5. The van der Waals surface area contributed by atoms with E-state index in [0.29, 0.717) is 5.69 Å². The Bertz CT molecular complexity index is 1140. The highest BCUT2D eigenvalue weighted by atomic mass is 15.0. The predicted octanol–water partition coefficient (Wildman–Crippen LogP) is 3.49. The van der Waals surface area contributed by atoms with Crippen molar-refractivity contribution >= 4 is 33.3 Å². The first-order chi connectivity index (χ1) is 11.7. The van der Waals surface area contributed by atoms with E-state index in [1.807, 2.05) is 30.3 Å². The summed E-state index contributed by atoms with van der Waals surface area (Å²) in [7, 11) is 0. The quantitative estimate of drug-likeness (QED) is 0.524. The van der Waals surface area contributed by atoms with Gasteiger partial charge in [0, 0.05) is 5.56 Å². The molecule has 0 bridgehead atoms. The van der Waals surface area contributed by atoms with E-state index in [9.17, 15) is 5.26 Å². The average Bonchev–Trinajstić information content (AvgIpc) is 2.60. The summed E-state index contributed by atoms with van der Waals surface area (Å²) in [6, 6.07) is 20.2. The molecule has 0 aliphatic heterocycles. The molecule has 0 atom stereocenters. The molecular weight excluding hydrogens is 298 g/mol. The van der Waals surface area contributed by atoms with E-state index in [1.54, 1.807) is 0 Å². The topological polar surface area (TPSA) is 102 Å². The molecule has 1 heterocycles. The molecule has 0 aliphatic rings. The van der Waals surface area contributed by atoms with E-state index in [-0.39, 0.29) is 17.3 Å². The smallest absolute Gasteiger partial charge is 0.222 e. The minimum Gasteiger partial charge on any atom is -0.382 e. The Morgan fingerprint density at radius 3 is 2.42 bits per heavy atom. The van der Waals surface area contributed by atoms with Crippen LogP contribution in [-0.2, 0) is 0 Å². The minimum atomic E-state index is 0.0544. The lowest BCUT2D eigenvalue weighted by molar-refractivity contribution is 1.18. The third kappa shape index (κ3) is 2.02. The molecule has 24 heavy (non-hydrogen) atoms. The number of nitrogen functional groups attached to an aromatic ring is 2. The number of anilines is 2. The van der Waals surface area contributed by atoms with Crippen LogP contribution in [0.1, 0.15) is 5.56 Å². The zero-order valence-corrected chi connectivity index (χ0v) is 12.7. The van der Waals surface area contributed by atoms with Crippen LogP contribution >= 0.6 is 0 Å². The predicted molar refractivity (Wildman–Crippen MR) is 96.0 cm³/mol. The third-order valence-corrected chi connectivity index (χ3v) is 4.09. The van der Waals surface area contributed by atoms with Crippen LogP contribution in [0, 0.1) is 11.3 Å². The van der Waals surface area contributed by atoms with Crippen molar-refractivity contribution in [3.8, 4) is 17.3 Å². The highest BCUT2D eigenvalue weighted by molar-refractivity contribution is 6.14. The van der Waals surface area contributed by atoms with Crippen LogP contribution in [0.4, 0.5) is 11.8 Å². The van der Waals surface area contributed by atoms with Crippen LogP contribution in [-0.4, -0.2) is 9.97 Å². The summed E-state index contributed by atoms with van der Waals surface area (Å²) < 4.78 is 0. The van der Waals surface area contributed by atoms with Gasteiger partial charge in [-0.05, 0) is 21.5 Å². The fraction of sp³-hybridized carbons (Fsp3) is 0. The number of fused-ring (bicyclic) bond motifs is 3. The fourth-order valence-electron chi connectivity index (χ4n) is 3.06. The highest BCUT2D eigenvalue weighted by Crippen LogP contribution is 2.35. The Hall–Kier alpha value is -3.65. The molecule has 0 fully saturated rings. The van der Waals surface area contributed by atoms with Crippen LogP contribution in [0.25, 0.3) is 32.8 Å². The second kappa shape index (κ2) is 5.21. The second-order valence-electron chi connectivity index (χ2n) is 5.49. The van der Waals surface area contributed by atoms with Gasteiger partial charge < -0.3 is 11.5 Å². The summed E-state index contributed by atoms with van der Waals surface area (Å²) >= 11 is 0. The van der Waals surface area contributed by atoms with E-state index in [2.05, 4.69) is 40.3 Å². The van der Waals surface area contributed by atoms with Gasteiger partial charge in [-0.2, -0.15) is 10.2 Å². The number of nitriles is 1. The second-order valence-corrected chi connectivity index (χ2v) is 5.49. The molecule has 0 amide bonds. The lowest BCUT2D eigenvalue weighted by atomic mass is 9.94. The Morgan fingerprint density at radius 1 is 0.833 bits per heavy atom. The Morgan fingerprint density at radius 2 is 1.58 bits per heavy atom. The molecule has 3 aromatic carbocycles. The van der Waals surface area contributed by atoms with Gasteiger partial charge in [0.1, 0.15) is 17.5 Å². The number of benzene rings is 3. The maximum absolute atomic E-state index is 9.49. The third-order valence-electron chi connectivity index (χ3n) is 4.09. The van der Waals surface area contributed by atoms with Crippen molar-refractivity contribution in [1.82, 2.24) is 9.97 Å². The first kappa shape index (κ1) is 14.0. The van der Waals surface area contributed by atoms with E-state index in [1.165, 1.54) is 0 Å². The Labute approximate surface area is 138 Å². The van der Waals surface area contributed by atoms with Crippen molar-refractivity contribution in [2.45, 2.75) is 0 Å². The maximum Gasteiger partial charge on any atom is 0.222 e. The number of aromatic nitrogens is 2. The summed E-state index contributed by atoms with van der Waals surface area (Å²) in [5, 5.41) is 13.8.